The van der Waals surface area contributed by atoms with E-state index in [1.54, 1.807) is 7.11 Å². The third-order valence-corrected chi connectivity index (χ3v) is 6.44. The van der Waals surface area contributed by atoms with Crippen molar-refractivity contribution in [3.8, 4) is 0 Å². The van der Waals surface area contributed by atoms with Gasteiger partial charge in [0.25, 0.3) is 5.91 Å². The molecule has 1 amide bonds. The second kappa shape index (κ2) is 8.27. The summed E-state index contributed by atoms with van der Waals surface area (Å²) in [5.74, 6) is -0.00755. The number of nitrogens with zero attached hydrogens (tertiary/aromatic N) is 1. The van der Waals surface area contributed by atoms with Crippen LogP contribution in [-0.2, 0) is 23.3 Å². The fourth-order valence-electron chi connectivity index (χ4n) is 4.59. The van der Waals surface area contributed by atoms with Crippen LogP contribution in [0.3, 0.4) is 0 Å². The van der Waals surface area contributed by atoms with E-state index in [0.717, 1.165) is 47.0 Å². The second-order valence-corrected chi connectivity index (χ2v) is 8.61. The zero-order valence-electron chi connectivity index (χ0n) is 18.5. The van der Waals surface area contributed by atoms with Crippen molar-refractivity contribution in [3.63, 3.8) is 0 Å². The van der Waals surface area contributed by atoms with Crippen LogP contribution in [0.2, 0.25) is 0 Å². The number of ether oxygens (including phenoxy) is 1. The summed E-state index contributed by atoms with van der Waals surface area (Å²) in [6, 6.07) is 7.90. The third kappa shape index (κ3) is 3.65. The highest BCUT2D eigenvalue weighted by molar-refractivity contribution is 6.06. The number of aromatic nitrogens is 1. The molecular formula is C26H32N2O2. The molecule has 2 aromatic rings. The molecule has 2 aliphatic rings. The molecule has 1 fully saturated rings. The topological polar surface area (TPSA) is 43.3 Å². The summed E-state index contributed by atoms with van der Waals surface area (Å²) in [4.78, 5) is 13.6. The first-order valence-electron chi connectivity index (χ1n) is 11.0. The fourth-order valence-corrected chi connectivity index (χ4v) is 4.59. The Hall–Kier alpha value is -2.59. The maximum absolute atomic E-state index is 13.6. The zero-order valence-corrected chi connectivity index (χ0v) is 18.5. The monoisotopic (exact) mass is 404 g/mol. The molecule has 4 rings (SSSR count). The van der Waals surface area contributed by atoms with E-state index in [1.165, 1.54) is 23.8 Å². The molecule has 4 heteroatoms. The molecule has 1 saturated carbocycles. The fraction of sp³-hybridized carbons (Fsp3) is 0.423. The molecule has 1 N–H and O–H groups in total. The smallest absolute Gasteiger partial charge is 0.258 e. The number of carbonyl (C=O) groups excluding carboxylic acids is 1. The highest BCUT2D eigenvalue weighted by Gasteiger charge is 2.42. The van der Waals surface area contributed by atoms with Crippen molar-refractivity contribution in [2.24, 2.45) is 0 Å². The number of allylic oxidation sites excluding steroid dienone is 2. The molecule has 0 saturated heterocycles. The van der Waals surface area contributed by atoms with E-state index in [0.29, 0.717) is 6.61 Å². The maximum Gasteiger partial charge on any atom is 0.258 e. The summed E-state index contributed by atoms with van der Waals surface area (Å²) in [7, 11) is 1.69. The average Bonchev–Trinajstić information content (AvgIpc) is 3.45. The van der Waals surface area contributed by atoms with Crippen LogP contribution < -0.4 is 15.9 Å². The number of fused-ring (bicyclic) bond motifs is 1. The molecular weight excluding hydrogens is 372 g/mol. The molecule has 0 atom stereocenters. The molecule has 2 aliphatic carbocycles. The predicted molar refractivity (Wildman–Crippen MR) is 123 cm³/mol. The van der Waals surface area contributed by atoms with E-state index in [-0.39, 0.29) is 11.4 Å². The van der Waals surface area contributed by atoms with Crippen LogP contribution in [0.25, 0.3) is 11.6 Å². The van der Waals surface area contributed by atoms with Gasteiger partial charge >= 0.3 is 0 Å². The van der Waals surface area contributed by atoms with E-state index in [2.05, 4.69) is 48.9 Å². The van der Waals surface area contributed by atoms with E-state index in [9.17, 15) is 4.79 Å². The van der Waals surface area contributed by atoms with Gasteiger partial charge in [0.1, 0.15) is 0 Å². The lowest BCUT2D eigenvalue weighted by atomic mass is 10.0. The van der Waals surface area contributed by atoms with Gasteiger partial charge in [-0.1, -0.05) is 43.7 Å². The lowest BCUT2D eigenvalue weighted by molar-refractivity contribution is 0.102. The Morgan fingerprint density at radius 2 is 1.90 bits per heavy atom. The highest BCUT2D eigenvalue weighted by Crippen LogP contribution is 2.43. The quantitative estimate of drug-likeness (QED) is 0.749. The van der Waals surface area contributed by atoms with Crippen LogP contribution >= 0.6 is 0 Å². The Morgan fingerprint density at radius 3 is 2.50 bits per heavy atom. The normalized spacial score (nSPS) is 16.6. The first-order valence-corrected chi connectivity index (χ1v) is 11.0. The van der Waals surface area contributed by atoms with Crippen molar-refractivity contribution in [2.75, 3.05) is 12.4 Å². The molecule has 1 heterocycles. The van der Waals surface area contributed by atoms with Gasteiger partial charge in [0, 0.05) is 34.6 Å². The number of hydrogen-bond donors (Lipinski definition) is 1. The van der Waals surface area contributed by atoms with Crippen molar-refractivity contribution in [1.82, 2.24) is 4.57 Å². The Morgan fingerprint density at radius 1 is 1.17 bits per heavy atom. The number of methoxy groups -OCH3 is 1. The largest absolute Gasteiger partial charge is 0.380 e. The third-order valence-electron chi connectivity index (χ3n) is 6.44. The minimum Gasteiger partial charge on any atom is -0.380 e. The van der Waals surface area contributed by atoms with Crippen LogP contribution in [0.5, 0.6) is 0 Å². The average molecular weight is 405 g/mol. The second-order valence-electron chi connectivity index (χ2n) is 8.61. The molecule has 0 bridgehead atoms. The van der Waals surface area contributed by atoms with Gasteiger partial charge in [-0.2, -0.15) is 0 Å². The number of benzene rings is 1. The van der Waals surface area contributed by atoms with Crippen LogP contribution in [-0.4, -0.2) is 17.6 Å². The first kappa shape index (κ1) is 20.7. The Labute approximate surface area is 178 Å². The summed E-state index contributed by atoms with van der Waals surface area (Å²) in [6.45, 7) is 7.24. The molecule has 1 aromatic heterocycles. The van der Waals surface area contributed by atoms with E-state index >= 15 is 0 Å². The van der Waals surface area contributed by atoms with Gasteiger partial charge in [0.05, 0.1) is 12.2 Å². The predicted octanol–water partition coefficient (Wildman–Crippen LogP) is 4.26. The van der Waals surface area contributed by atoms with Crippen molar-refractivity contribution < 1.29 is 9.53 Å². The number of amides is 1. The van der Waals surface area contributed by atoms with Gasteiger partial charge in [-0.15, -0.1) is 0 Å². The summed E-state index contributed by atoms with van der Waals surface area (Å²) in [6.07, 6.45) is 11.6. The molecule has 0 unspecified atom stereocenters. The number of carbonyl (C=O) groups is 1. The van der Waals surface area contributed by atoms with Crippen molar-refractivity contribution in [1.29, 1.82) is 0 Å². The standard InChI is InChI=1S/C26H32N2O2/c1-5-19-9-7-8-10-22-23(19)24(21(6-2)28(22)26(3)15-16-26)25(29)27-20-13-11-18(12-14-20)17-30-4/h7-8,10-14H,5-6,9,15-17H2,1-4H3,(H,27,29). The van der Waals surface area contributed by atoms with Crippen LogP contribution in [0.4, 0.5) is 5.69 Å². The summed E-state index contributed by atoms with van der Waals surface area (Å²) in [5, 5.41) is 5.52. The molecule has 4 nitrogen and oxygen atoms in total. The van der Waals surface area contributed by atoms with E-state index in [1.807, 2.05) is 24.3 Å². The van der Waals surface area contributed by atoms with Gasteiger partial charge in [-0.3, -0.25) is 4.79 Å². The summed E-state index contributed by atoms with van der Waals surface area (Å²) < 4.78 is 7.65. The van der Waals surface area contributed by atoms with Crippen molar-refractivity contribution in [3.05, 3.63) is 63.8 Å². The van der Waals surface area contributed by atoms with Gasteiger partial charge in [0.15, 0.2) is 0 Å². The molecule has 158 valence electrons. The molecule has 0 aliphatic heterocycles. The Bertz CT molecular complexity index is 1100. The lowest BCUT2D eigenvalue weighted by Gasteiger charge is -2.17. The number of hydrogen-bond acceptors (Lipinski definition) is 2. The van der Waals surface area contributed by atoms with E-state index in [4.69, 9.17) is 4.74 Å². The first-order chi connectivity index (χ1) is 14.5. The SMILES string of the molecule is CCC1=c2c(C(=O)Nc3ccc(COC)cc3)c(CC)n(C3(C)CC3)c2=CC=CC1. The van der Waals surface area contributed by atoms with Crippen molar-refractivity contribution >= 4 is 23.2 Å². The molecule has 0 spiro atoms. The highest BCUT2D eigenvalue weighted by atomic mass is 16.5. The molecule has 1 aromatic carbocycles. The molecule has 30 heavy (non-hydrogen) atoms. The zero-order chi connectivity index (χ0) is 21.3. The molecule has 0 radical (unpaired) electrons. The number of nitrogens with one attached hydrogen (secondary N) is 1. The minimum absolute atomic E-state index is 0.00755. The van der Waals surface area contributed by atoms with Gasteiger partial charge in [-0.25, -0.2) is 0 Å². The van der Waals surface area contributed by atoms with Crippen molar-refractivity contribution in [2.45, 2.75) is 65.0 Å². The van der Waals surface area contributed by atoms with Gasteiger partial charge < -0.3 is 14.6 Å². The minimum atomic E-state index is -0.00755. The summed E-state index contributed by atoms with van der Waals surface area (Å²) in [5.41, 5.74) is 5.39. The lowest BCUT2D eigenvalue weighted by Crippen LogP contribution is -2.36. The Balaban J connectivity index is 1.85. The van der Waals surface area contributed by atoms with Crippen LogP contribution in [0.1, 0.15) is 68.1 Å². The van der Waals surface area contributed by atoms with Gasteiger partial charge in [0.2, 0.25) is 0 Å². The number of rotatable bonds is 7. The van der Waals surface area contributed by atoms with Crippen LogP contribution in [0, 0.1) is 0 Å². The summed E-state index contributed by atoms with van der Waals surface area (Å²) >= 11 is 0. The van der Waals surface area contributed by atoms with Crippen LogP contribution in [0.15, 0.2) is 36.4 Å². The Kier molecular flexibility index (Phi) is 5.70. The van der Waals surface area contributed by atoms with E-state index < -0.39 is 0 Å². The number of anilines is 1. The maximum atomic E-state index is 13.6. The van der Waals surface area contributed by atoms with Gasteiger partial charge in [-0.05, 0) is 62.8 Å².